The van der Waals surface area contributed by atoms with Gasteiger partial charge in [-0.2, -0.15) is 0 Å². The average Bonchev–Trinajstić information content (AvgIpc) is 2.83. The molecule has 0 saturated heterocycles. The van der Waals surface area contributed by atoms with Crippen LogP contribution in [0.4, 0.5) is 10.5 Å². The summed E-state index contributed by atoms with van der Waals surface area (Å²) in [5.41, 5.74) is 0.762. The highest BCUT2D eigenvalue weighted by Gasteiger charge is 2.15. The van der Waals surface area contributed by atoms with Gasteiger partial charge in [0.25, 0.3) is 0 Å². The van der Waals surface area contributed by atoms with Crippen molar-refractivity contribution >= 4 is 23.3 Å². The highest BCUT2D eigenvalue weighted by molar-refractivity contribution is 6.30. The van der Waals surface area contributed by atoms with Gasteiger partial charge in [-0.05, 0) is 43.0 Å². The smallest absolute Gasteiger partial charge is 0.319 e. The molecular formula is C13H17ClN2O. The van der Waals surface area contributed by atoms with Crippen molar-refractivity contribution in [2.24, 2.45) is 5.92 Å². The summed E-state index contributed by atoms with van der Waals surface area (Å²) in [5.74, 6) is 0.658. The molecule has 0 spiro atoms. The summed E-state index contributed by atoms with van der Waals surface area (Å²) in [7, 11) is 0. The minimum Gasteiger partial charge on any atom is -0.338 e. The van der Waals surface area contributed by atoms with Gasteiger partial charge >= 0.3 is 6.03 Å². The van der Waals surface area contributed by atoms with Crippen LogP contribution in [-0.4, -0.2) is 12.6 Å². The summed E-state index contributed by atoms with van der Waals surface area (Å²) in [6.45, 7) is 0.777. The van der Waals surface area contributed by atoms with E-state index in [0.29, 0.717) is 10.9 Å². The van der Waals surface area contributed by atoms with E-state index in [2.05, 4.69) is 10.6 Å². The maximum Gasteiger partial charge on any atom is 0.319 e. The second kappa shape index (κ2) is 5.92. The number of hydrogen-bond acceptors (Lipinski definition) is 1. The second-order valence-electron chi connectivity index (χ2n) is 4.49. The highest BCUT2D eigenvalue weighted by atomic mass is 35.5. The Bertz CT molecular complexity index is 372. The molecule has 1 aliphatic rings. The summed E-state index contributed by atoms with van der Waals surface area (Å²) < 4.78 is 0. The Morgan fingerprint density at radius 2 is 1.88 bits per heavy atom. The van der Waals surface area contributed by atoms with Gasteiger partial charge in [0.05, 0.1) is 0 Å². The van der Waals surface area contributed by atoms with Crippen LogP contribution in [0.2, 0.25) is 5.02 Å². The first-order chi connectivity index (χ1) is 8.24. The Balaban J connectivity index is 1.74. The SMILES string of the molecule is O=C(NCC1CCCC1)Nc1ccc(Cl)cc1. The maximum absolute atomic E-state index is 11.6. The first kappa shape index (κ1) is 12.2. The van der Waals surface area contributed by atoms with Gasteiger partial charge in [0, 0.05) is 17.3 Å². The fourth-order valence-electron chi connectivity index (χ4n) is 2.16. The molecule has 0 unspecified atom stereocenters. The molecule has 4 heteroatoms. The first-order valence-electron chi connectivity index (χ1n) is 6.04. The maximum atomic E-state index is 11.6. The number of amides is 2. The molecule has 0 atom stereocenters. The van der Waals surface area contributed by atoms with Crippen LogP contribution in [0, 0.1) is 5.92 Å². The van der Waals surface area contributed by atoms with Crippen molar-refractivity contribution in [3.8, 4) is 0 Å². The van der Waals surface area contributed by atoms with E-state index in [1.54, 1.807) is 24.3 Å². The minimum absolute atomic E-state index is 0.140. The zero-order chi connectivity index (χ0) is 12.1. The van der Waals surface area contributed by atoms with Gasteiger partial charge in [-0.3, -0.25) is 0 Å². The van der Waals surface area contributed by atoms with Crippen LogP contribution < -0.4 is 10.6 Å². The van der Waals surface area contributed by atoms with E-state index in [1.165, 1.54) is 25.7 Å². The lowest BCUT2D eigenvalue weighted by Crippen LogP contribution is -2.32. The van der Waals surface area contributed by atoms with E-state index in [9.17, 15) is 4.79 Å². The summed E-state index contributed by atoms with van der Waals surface area (Å²) in [5, 5.41) is 6.36. The van der Waals surface area contributed by atoms with E-state index < -0.39 is 0 Å². The number of hydrogen-bond donors (Lipinski definition) is 2. The molecule has 1 aliphatic carbocycles. The molecule has 0 aliphatic heterocycles. The van der Waals surface area contributed by atoms with E-state index in [-0.39, 0.29) is 6.03 Å². The Morgan fingerprint density at radius 3 is 2.53 bits per heavy atom. The van der Waals surface area contributed by atoms with E-state index in [4.69, 9.17) is 11.6 Å². The van der Waals surface area contributed by atoms with Crippen molar-refractivity contribution in [2.45, 2.75) is 25.7 Å². The Morgan fingerprint density at radius 1 is 1.24 bits per heavy atom. The molecule has 1 aromatic rings. The molecule has 0 heterocycles. The van der Waals surface area contributed by atoms with Crippen molar-refractivity contribution in [3.63, 3.8) is 0 Å². The lowest BCUT2D eigenvalue weighted by atomic mass is 10.1. The number of halogens is 1. The van der Waals surface area contributed by atoms with Gasteiger partial charge in [0.2, 0.25) is 0 Å². The molecule has 1 fully saturated rings. The van der Waals surface area contributed by atoms with E-state index >= 15 is 0 Å². The average molecular weight is 253 g/mol. The minimum atomic E-state index is -0.140. The standard InChI is InChI=1S/C13H17ClN2O/c14-11-5-7-12(8-6-11)16-13(17)15-9-10-3-1-2-4-10/h5-8,10H,1-4,9H2,(H2,15,16,17). The van der Waals surface area contributed by atoms with Crippen molar-refractivity contribution in [3.05, 3.63) is 29.3 Å². The number of carbonyl (C=O) groups is 1. The monoisotopic (exact) mass is 252 g/mol. The van der Waals surface area contributed by atoms with Crippen LogP contribution in [0.25, 0.3) is 0 Å². The quantitative estimate of drug-likeness (QED) is 0.847. The summed E-state index contributed by atoms with van der Waals surface area (Å²) in [4.78, 5) is 11.6. The van der Waals surface area contributed by atoms with Crippen molar-refractivity contribution < 1.29 is 4.79 Å². The Hall–Kier alpha value is -1.22. The van der Waals surface area contributed by atoms with Crippen LogP contribution in [0.15, 0.2) is 24.3 Å². The summed E-state index contributed by atoms with van der Waals surface area (Å²) in [6, 6.07) is 6.95. The van der Waals surface area contributed by atoms with Gasteiger partial charge in [0.1, 0.15) is 0 Å². The molecule has 92 valence electrons. The number of rotatable bonds is 3. The molecule has 0 radical (unpaired) electrons. The largest absolute Gasteiger partial charge is 0.338 e. The highest BCUT2D eigenvalue weighted by Crippen LogP contribution is 2.23. The Labute approximate surface area is 107 Å². The molecule has 0 bridgehead atoms. The molecule has 2 N–H and O–H groups in total. The van der Waals surface area contributed by atoms with Gasteiger partial charge < -0.3 is 10.6 Å². The third-order valence-corrected chi connectivity index (χ3v) is 3.38. The van der Waals surface area contributed by atoms with Crippen molar-refractivity contribution in [2.75, 3.05) is 11.9 Å². The molecule has 3 nitrogen and oxygen atoms in total. The number of nitrogens with one attached hydrogen (secondary N) is 2. The first-order valence-corrected chi connectivity index (χ1v) is 6.42. The number of anilines is 1. The molecule has 0 aromatic heterocycles. The number of benzene rings is 1. The molecular weight excluding hydrogens is 236 g/mol. The van der Waals surface area contributed by atoms with Gasteiger partial charge in [-0.15, -0.1) is 0 Å². The van der Waals surface area contributed by atoms with E-state index in [0.717, 1.165) is 12.2 Å². The lowest BCUT2D eigenvalue weighted by Gasteiger charge is -2.11. The number of urea groups is 1. The predicted octanol–water partition coefficient (Wildman–Crippen LogP) is 3.65. The third kappa shape index (κ3) is 3.93. The van der Waals surface area contributed by atoms with Crippen molar-refractivity contribution in [1.29, 1.82) is 0 Å². The molecule has 1 saturated carbocycles. The van der Waals surface area contributed by atoms with Gasteiger partial charge in [-0.25, -0.2) is 4.79 Å². The fourth-order valence-corrected chi connectivity index (χ4v) is 2.29. The topological polar surface area (TPSA) is 41.1 Å². The fraction of sp³-hybridized carbons (Fsp3) is 0.462. The molecule has 2 amide bonds. The zero-order valence-electron chi connectivity index (χ0n) is 9.71. The van der Waals surface area contributed by atoms with Crippen LogP contribution in [0.1, 0.15) is 25.7 Å². The van der Waals surface area contributed by atoms with Crippen LogP contribution in [0.5, 0.6) is 0 Å². The molecule has 2 rings (SSSR count). The molecule has 1 aromatic carbocycles. The number of carbonyl (C=O) groups excluding carboxylic acids is 1. The van der Waals surface area contributed by atoms with E-state index in [1.807, 2.05) is 0 Å². The lowest BCUT2D eigenvalue weighted by molar-refractivity contribution is 0.250. The van der Waals surface area contributed by atoms with Crippen LogP contribution in [-0.2, 0) is 0 Å². The molecule has 17 heavy (non-hydrogen) atoms. The van der Waals surface area contributed by atoms with Crippen LogP contribution in [0.3, 0.4) is 0 Å². The van der Waals surface area contributed by atoms with Crippen LogP contribution >= 0.6 is 11.6 Å². The zero-order valence-corrected chi connectivity index (χ0v) is 10.5. The predicted molar refractivity (Wildman–Crippen MR) is 70.4 cm³/mol. The summed E-state index contributed by atoms with van der Waals surface area (Å²) >= 11 is 5.77. The third-order valence-electron chi connectivity index (χ3n) is 3.13. The van der Waals surface area contributed by atoms with Gasteiger partial charge in [-0.1, -0.05) is 24.4 Å². The second-order valence-corrected chi connectivity index (χ2v) is 4.93. The van der Waals surface area contributed by atoms with Crippen molar-refractivity contribution in [1.82, 2.24) is 5.32 Å². The normalized spacial score (nSPS) is 15.8. The summed E-state index contributed by atoms with van der Waals surface area (Å²) in [6.07, 6.45) is 5.07. The Kier molecular flexibility index (Phi) is 4.26. The van der Waals surface area contributed by atoms with Gasteiger partial charge in [0.15, 0.2) is 0 Å².